The van der Waals surface area contributed by atoms with Gasteiger partial charge in [-0.3, -0.25) is 0 Å². The zero-order valence-corrected chi connectivity index (χ0v) is 25.8. The van der Waals surface area contributed by atoms with Crippen molar-refractivity contribution in [2.45, 2.75) is 70.9 Å². The summed E-state index contributed by atoms with van der Waals surface area (Å²) in [7, 11) is 0. The minimum Gasteiger partial charge on any atom is -0.507 e. The summed E-state index contributed by atoms with van der Waals surface area (Å²) < 4.78 is 6.09. The zero-order chi connectivity index (χ0) is 29.3. The van der Waals surface area contributed by atoms with Gasteiger partial charge in [-0.25, -0.2) is 15.0 Å². The molecule has 0 aliphatic rings. The third-order valence-electron chi connectivity index (χ3n) is 7.84. The van der Waals surface area contributed by atoms with Gasteiger partial charge in [-0.15, -0.1) is 0 Å². The van der Waals surface area contributed by atoms with E-state index in [1.807, 2.05) is 12.1 Å². The second kappa shape index (κ2) is 14.5. The second-order valence-corrected chi connectivity index (χ2v) is 12.0. The normalized spacial score (nSPS) is 12.2. The Kier molecular flexibility index (Phi) is 10.3. The lowest BCUT2D eigenvalue weighted by atomic mass is 9.97. The van der Waals surface area contributed by atoms with Gasteiger partial charge in [0.15, 0.2) is 16.8 Å². The van der Waals surface area contributed by atoms with Crippen LogP contribution in [0.2, 0.25) is 0 Å². The molecule has 1 unspecified atom stereocenters. The highest BCUT2D eigenvalue weighted by atomic mass is 32.2. The number of rotatable bonds is 14. The maximum atomic E-state index is 11.1. The van der Waals surface area contributed by atoms with E-state index in [2.05, 4.69) is 75.4 Å². The lowest BCUT2D eigenvalue weighted by Gasteiger charge is -2.16. The molecule has 218 valence electrons. The fraction of sp³-hybridized carbons (Fsp3) is 0.361. The molecule has 0 amide bonds. The van der Waals surface area contributed by atoms with Crippen LogP contribution in [0, 0.1) is 5.92 Å². The van der Waals surface area contributed by atoms with Gasteiger partial charge >= 0.3 is 0 Å². The Bertz CT molecular complexity index is 1640. The summed E-state index contributed by atoms with van der Waals surface area (Å²) in [6, 6.07) is 24.4. The fourth-order valence-electron chi connectivity index (χ4n) is 5.32. The Morgan fingerprint density at radius 3 is 2.19 bits per heavy atom. The number of nitrogens with zero attached hydrogens (tertiary/aromatic N) is 3. The molecular formula is C36H41N3O2S. The zero-order valence-electron chi connectivity index (χ0n) is 25.0. The second-order valence-electron chi connectivity index (χ2n) is 10.9. The summed E-state index contributed by atoms with van der Waals surface area (Å²) in [6.45, 7) is 7.28. The molecule has 4 aromatic carbocycles. The van der Waals surface area contributed by atoms with Crippen LogP contribution < -0.4 is 4.74 Å². The molecule has 0 radical (unpaired) electrons. The van der Waals surface area contributed by atoms with Crippen LogP contribution in [0.25, 0.3) is 44.3 Å². The fourth-order valence-corrected chi connectivity index (χ4v) is 6.15. The summed E-state index contributed by atoms with van der Waals surface area (Å²) in [5, 5.41) is 16.4. The lowest BCUT2D eigenvalue weighted by Crippen LogP contribution is -2.11. The minimum absolute atomic E-state index is 0.108. The number of hydrogen-bond acceptors (Lipinski definition) is 6. The van der Waals surface area contributed by atoms with E-state index in [0.717, 1.165) is 47.8 Å². The maximum Gasteiger partial charge on any atom is 0.191 e. The number of aromatic hydroxyl groups is 1. The van der Waals surface area contributed by atoms with E-state index in [1.54, 1.807) is 17.8 Å². The minimum atomic E-state index is 0.108. The highest BCUT2D eigenvalue weighted by Crippen LogP contribution is 2.37. The quantitative estimate of drug-likeness (QED) is 0.0802. The first-order chi connectivity index (χ1) is 20.6. The number of fused-ring (bicyclic) bond motifs is 3. The van der Waals surface area contributed by atoms with Crippen molar-refractivity contribution in [1.29, 1.82) is 0 Å². The van der Waals surface area contributed by atoms with E-state index in [-0.39, 0.29) is 5.75 Å². The number of thioether (sulfide) groups is 1. The number of ether oxygens (including phenoxy) is 1. The van der Waals surface area contributed by atoms with E-state index >= 15 is 0 Å². The maximum absolute atomic E-state index is 11.1. The van der Waals surface area contributed by atoms with E-state index in [4.69, 9.17) is 19.7 Å². The molecule has 0 aliphatic heterocycles. The standard InChI is InChI=1S/C36H41N3O2S/c1-4-7-13-21-42-36-38-34(31-20-19-27(23-33(31)40)41-24-25(6-3)14-8-5-2)37-35(39-36)32-22-26-15-9-10-16-28(26)29-17-11-12-18-30(29)32/h9-12,15-20,22-23,25,40H,4-8,13-14,21,24H2,1-3H3. The van der Waals surface area contributed by atoms with Gasteiger partial charge in [0.05, 0.1) is 12.2 Å². The summed E-state index contributed by atoms with van der Waals surface area (Å²) in [5.41, 5.74) is 1.53. The largest absolute Gasteiger partial charge is 0.507 e. The third-order valence-corrected chi connectivity index (χ3v) is 8.78. The molecule has 1 N–H and O–H groups in total. The molecule has 5 nitrogen and oxygen atoms in total. The van der Waals surface area contributed by atoms with Crippen molar-refractivity contribution < 1.29 is 9.84 Å². The van der Waals surface area contributed by atoms with Gasteiger partial charge in [0, 0.05) is 17.4 Å². The number of phenolic OH excluding ortho intramolecular Hbond substituents is 1. The van der Waals surface area contributed by atoms with Gasteiger partial charge in [-0.2, -0.15) is 0 Å². The summed E-state index contributed by atoms with van der Waals surface area (Å²) in [5.74, 6) is 3.30. The first-order valence-electron chi connectivity index (χ1n) is 15.4. The van der Waals surface area contributed by atoms with Crippen molar-refractivity contribution in [3.63, 3.8) is 0 Å². The van der Waals surface area contributed by atoms with Crippen molar-refractivity contribution in [2.24, 2.45) is 5.92 Å². The van der Waals surface area contributed by atoms with Gasteiger partial charge in [0.1, 0.15) is 11.5 Å². The molecule has 5 rings (SSSR count). The Morgan fingerprint density at radius 2 is 1.45 bits per heavy atom. The van der Waals surface area contributed by atoms with Crippen LogP contribution in [-0.2, 0) is 0 Å². The monoisotopic (exact) mass is 579 g/mol. The first-order valence-corrected chi connectivity index (χ1v) is 16.4. The van der Waals surface area contributed by atoms with Crippen molar-refractivity contribution in [2.75, 3.05) is 12.4 Å². The van der Waals surface area contributed by atoms with Gasteiger partial charge in [-0.05, 0) is 58.5 Å². The van der Waals surface area contributed by atoms with Crippen LogP contribution in [-0.4, -0.2) is 32.4 Å². The predicted octanol–water partition coefficient (Wildman–Crippen LogP) is 10.1. The van der Waals surface area contributed by atoms with Gasteiger partial charge in [-0.1, -0.05) is 113 Å². The van der Waals surface area contributed by atoms with Gasteiger partial charge in [0.2, 0.25) is 0 Å². The highest BCUT2D eigenvalue weighted by molar-refractivity contribution is 7.99. The van der Waals surface area contributed by atoms with E-state index in [9.17, 15) is 5.11 Å². The highest BCUT2D eigenvalue weighted by Gasteiger charge is 2.17. The molecule has 1 heterocycles. The number of phenols is 1. The smallest absolute Gasteiger partial charge is 0.191 e. The molecule has 0 bridgehead atoms. The predicted molar refractivity (Wildman–Crippen MR) is 176 cm³/mol. The molecule has 1 atom stereocenters. The average molecular weight is 580 g/mol. The van der Waals surface area contributed by atoms with Crippen molar-refractivity contribution in [3.05, 3.63) is 72.8 Å². The van der Waals surface area contributed by atoms with Gasteiger partial charge < -0.3 is 9.84 Å². The molecule has 0 saturated carbocycles. The Balaban J connectivity index is 1.53. The van der Waals surface area contributed by atoms with Crippen LogP contribution >= 0.6 is 11.8 Å². The SMILES string of the molecule is CCCCCSc1nc(-c2ccc(OCC(CC)CCCC)cc2O)nc(-c2cc3ccccc3c3ccccc23)n1. The van der Waals surface area contributed by atoms with Crippen LogP contribution in [0.3, 0.4) is 0 Å². The third kappa shape index (κ3) is 7.04. The summed E-state index contributed by atoms with van der Waals surface area (Å²) in [6.07, 6.45) is 8.08. The number of aromatic nitrogens is 3. The van der Waals surface area contributed by atoms with E-state index < -0.39 is 0 Å². The van der Waals surface area contributed by atoms with Crippen LogP contribution in [0.4, 0.5) is 0 Å². The van der Waals surface area contributed by atoms with Crippen LogP contribution in [0.1, 0.15) is 65.7 Å². The molecule has 0 aliphatic carbocycles. The Labute approximate surface area is 253 Å². The molecule has 1 aromatic heterocycles. The molecule has 5 aromatic rings. The molecule has 0 fully saturated rings. The lowest BCUT2D eigenvalue weighted by molar-refractivity contribution is 0.232. The Morgan fingerprint density at radius 1 is 0.738 bits per heavy atom. The summed E-state index contributed by atoms with van der Waals surface area (Å²) >= 11 is 1.65. The van der Waals surface area contributed by atoms with E-state index in [1.165, 1.54) is 30.0 Å². The molecule has 42 heavy (non-hydrogen) atoms. The number of benzene rings is 4. The summed E-state index contributed by atoms with van der Waals surface area (Å²) in [4.78, 5) is 14.7. The first kappa shape index (κ1) is 29.8. The molecule has 6 heteroatoms. The van der Waals surface area contributed by atoms with Gasteiger partial charge in [0.25, 0.3) is 0 Å². The Hall–Kier alpha value is -3.64. The van der Waals surface area contributed by atoms with Crippen LogP contribution in [0.5, 0.6) is 11.5 Å². The average Bonchev–Trinajstić information content (AvgIpc) is 3.02. The van der Waals surface area contributed by atoms with Crippen molar-refractivity contribution in [3.8, 4) is 34.3 Å². The van der Waals surface area contributed by atoms with Crippen molar-refractivity contribution >= 4 is 33.3 Å². The number of hydrogen-bond donors (Lipinski definition) is 1. The molecule has 0 spiro atoms. The molecular weight excluding hydrogens is 538 g/mol. The topological polar surface area (TPSA) is 68.1 Å². The van der Waals surface area contributed by atoms with Crippen molar-refractivity contribution in [1.82, 2.24) is 15.0 Å². The number of unbranched alkanes of at least 4 members (excludes halogenated alkanes) is 3. The molecule has 0 saturated heterocycles. The van der Waals surface area contributed by atoms with Crippen LogP contribution in [0.15, 0.2) is 78.0 Å². The van der Waals surface area contributed by atoms with E-state index in [0.29, 0.717) is 40.6 Å².